The lowest BCUT2D eigenvalue weighted by Crippen LogP contribution is -2.39. The predicted molar refractivity (Wildman–Crippen MR) is 90.7 cm³/mol. The standard InChI is InChI=1S/C18H19N3O3/c1-24-16-5-3-14(4-6-16)15-7-11-20(12-8-15)17(22)13-21-10-2-9-19-18(21)23/h2-7,9-10H,8,11-13H2,1H3. The van der Waals surface area contributed by atoms with Crippen LogP contribution in [0.5, 0.6) is 5.75 Å². The molecule has 0 fully saturated rings. The van der Waals surface area contributed by atoms with Gasteiger partial charge in [0.15, 0.2) is 0 Å². The van der Waals surface area contributed by atoms with E-state index in [0.29, 0.717) is 13.1 Å². The highest BCUT2D eigenvalue weighted by Gasteiger charge is 2.18. The Balaban J connectivity index is 1.64. The van der Waals surface area contributed by atoms with Crippen LogP contribution >= 0.6 is 0 Å². The van der Waals surface area contributed by atoms with Crippen molar-refractivity contribution in [3.63, 3.8) is 0 Å². The van der Waals surface area contributed by atoms with E-state index in [2.05, 4.69) is 11.1 Å². The molecule has 6 heteroatoms. The monoisotopic (exact) mass is 325 g/mol. The number of aromatic nitrogens is 2. The van der Waals surface area contributed by atoms with Gasteiger partial charge in [0.1, 0.15) is 12.3 Å². The number of benzene rings is 1. The summed E-state index contributed by atoms with van der Waals surface area (Å²) in [6.45, 7) is 1.22. The van der Waals surface area contributed by atoms with Crippen LogP contribution in [0.1, 0.15) is 12.0 Å². The van der Waals surface area contributed by atoms with E-state index in [4.69, 9.17) is 4.74 Å². The van der Waals surface area contributed by atoms with Crippen molar-refractivity contribution in [3.05, 3.63) is 64.8 Å². The molecule has 2 heterocycles. The minimum Gasteiger partial charge on any atom is -0.497 e. The van der Waals surface area contributed by atoms with Gasteiger partial charge >= 0.3 is 5.69 Å². The fourth-order valence-electron chi connectivity index (χ4n) is 2.72. The quantitative estimate of drug-likeness (QED) is 0.856. The normalized spacial score (nSPS) is 14.2. The fraction of sp³-hybridized carbons (Fsp3) is 0.278. The first-order valence-corrected chi connectivity index (χ1v) is 7.80. The van der Waals surface area contributed by atoms with Gasteiger partial charge in [-0.2, -0.15) is 0 Å². The van der Waals surface area contributed by atoms with Gasteiger partial charge in [-0.1, -0.05) is 18.2 Å². The van der Waals surface area contributed by atoms with E-state index in [1.54, 1.807) is 24.3 Å². The Morgan fingerprint density at radius 3 is 2.71 bits per heavy atom. The lowest BCUT2D eigenvalue weighted by molar-refractivity contribution is -0.131. The first-order chi connectivity index (χ1) is 11.7. The minimum absolute atomic E-state index is 0.0262. The number of amides is 1. The number of carbonyl (C=O) groups excluding carboxylic acids is 1. The van der Waals surface area contributed by atoms with Crippen LogP contribution in [0.25, 0.3) is 5.57 Å². The molecule has 0 spiro atoms. The van der Waals surface area contributed by atoms with Crippen molar-refractivity contribution < 1.29 is 9.53 Å². The molecule has 124 valence electrons. The molecule has 6 nitrogen and oxygen atoms in total. The van der Waals surface area contributed by atoms with Crippen LogP contribution in [0, 0.1) is 0 Å². The summed E-state index contributed by atoms with van der Waals surface area (Å²) in [6.07, 6.45) is 5.86. The highest BCUT2D eigenvalue weighted by Crippen LogP contribution is 2.24. The van der Waals surface area contributed by atoms with Gasteiger partial charge in [0.05, 0.1) is 7.11 Å². The van der Waals surface area contributed by atoms with Gasteiger partial charge in [-0.25, -0.2) is 9.78 Å². The van der Waals surface area contributed by atoms with Crippen LogP contribution in [-0.4, -0.2) is 40.6 Å². The van der Waals surface area contributed by atoms with E-state index >= 15 is 0 Å². The summed E-state index contributed by atoms with van der Waals surface area (Å²) in [5, 5.41) is 0. The maximum absolute atomic E-state index is 12.3. The summed E-state index contributed by atoms with van der Waals surface area (Å²) in [6, 6.07) is 9.56. The smallest absolute Gasteiger partial charge is 0.347 e. The molecule has 0 radical (unpaired) electrons. The van der Waals surface area contributed by atoms with Gasteiger partial charge < -0.3 is 9.64 Å². The van der Waals surface area contributed by atoms with Gasteiger partial charge in [-0.15, -0.1) is 0 Å². The van der Waals surface area contributed by atoms with Crippen LogP contribution in [0.15, 0.2) is 53.6 Å². The number of hydrogen-bond donors (Lipinski definition) is 0. The van der Waals surface area contributed by atoms with Crippen molar-refractivity contribution in [2.24, 2.45) is 0 Å². The molecule has 0 saturated heterocycles. The second kappa shape index (κ2) is 7.12. The van der Waals surface area contributed by atoms with E-state index in [0.717, 1.165) is 17.7 Å². The summed E-state index contributed by atoms with van der Waals surface area (Å²) >= 11 is 0. The van der Waals surface area contributed by atoms with E-state index in [-0.39, 0.29) is 12.5 Å². The first-order valence-electron chi connectivity index (χ1n) is 7.80. The lowest BCUT2D eigenvalue weighted by atomic mass is 9.99. The van der Waals surface area contributed by atoms with Crippen LogP contribution in [0.2, 0.25) is 0 Å². The zero-order chi connectivity index (χ0) is 16.9. The molecule has 0 bridgehead atoms. The third-order valence-electron chi connectivity index (χ3n) is 4.11. The molecule has 1 amide bonds. The molecule has 1 aromatic heterocycles. The fourth-order valence-corrected chi connectivity index (χ4v) is 2.72. The van der Waals surface area contributed by atoms with E-state index in [1.807, 2.05) is 24.3 Å². The molecule has 0 unspecified atom stereocenters. The van der Waals surface area contributed by atoms with Crippen molar-refractivity contribution in [2.45, 2.75) is 13.0 Å². The summed E-state index contributed by atoms with van der Waals surface area (Å²) in [5.74, 6) is 0.754. The van der Waals surface area contributed by atoms with Crippen molar-refractivity contribution in [1.29, 1.82) is 0 Å². The maximum Gasteiger partial charge on any atom is 0.347 e. The van der Waals surface area contributed by atoms with E-state index in [9.17, 15) is 9.59 Å². The van der Waals surface area contributed by atoms with Crippen LogP contribution in [0.3, 0.4) is 0 Å². The number of nitrogens with zero attached hydrogens (tertiary/aromatic N) is 3. The number of hydrogen-bond acceptors (Lipinski definition) is 4. The zero-order valence-electron chi connectivity index (χ0n) is 13.5. The largest absolute Gasteiger partial charge is 0.497 e. The Labute approximate surface area is 140 Å². The first kappa shape index (κ1) is 16.0. The molecule has 0 atom stereocenters. The highest BCUT2D eigenvalue weighted by molar-refractivity contribution is 5.78. The van der Waals surface area contributed by atoms with Crippen molar-refractivity contribution in [2.75, 3.05) is 20.2 Å². The molecule has 1 aromatic carbocycles. The third-order valence-corrected chi connectivity index (χ3v) is 4.11. The molecule has 24 heavy (non-hydrogen) atoms. The van der Waals surface area contributed by atoms with Gasteiger partial charge in [0, 0.05) is 25.5 Å². The third kappa shape index (κ3) is 3.53. The summed E-state index contributed by atoms with van der Waals surface area (Å²) < 4.78 is 6.49. The number of carbonyl (C=O) groups is 1. The number of methoxy groups -OCH3 is 1. The predicted octanol–water partition coefficient (Wildman–Crippen LogP) is 1.57. The Morgan fingerprint density at radius 1 is 1.29 bits per heavy atom. The Morgan fingerprint density at radius 2 is 2.08 bits per heavy atom. The summed E-state index contributed by atoms with van der Waals surface area (Å²) in [5.41, 5.74) is 1.96. The average Bonchev–Trinajstić information content (AvgIpc) is 2.64. The van der Waals surface area contributed by atoms with Gasteiger partial charge in [-0.3, -0.25) is 9.36 Å². The van der Waals surface area contributed by atoms with Gasteiger partial charge in [0.2, 0.25) is 5.91 Å². The van der Waals surface area contributed by atoms with Gasteiger partial charge in [0.25, 0.3) is 0 Å². The van der Waals surface area contributed by atoms with Crippen molar-refractivity contribution in [3.8, 4) is 5.75 Å². The minimum atomic E-state index is -0.405. The Kier molecular flexibility index (Phi) is 4.74. The van der Waals surface area contributed by atoms with Gasteiger partial charge in [-0.05, 0) is 35.8 Å². The number of rotatable bonds is 4. The maximum atomic E-state index is 12.3. The molecule has 0 saturated carbocycles. The van der Waals surface area contributed by atoms with E-state index < -0.39 is 5.69 Å². The molecule has 1 aliphatic heterocycles. The molecule has 2 aromatic rings. The van der Waals surface area contributed by atoms with Crippen LogP contribution < -0.4 is 10.4 Å². The second-order valence-electron chi connectivity index (χ2n) is 5.58. The second-order valence-corrected chi connectivity index (χ2v) is 5.58. The molecule has 1 aliphatic rings. The van der Waals surface area contributed by atoms with Crippen molar-refractivity contribution >= 4 is 11.5 Å². The molecule has 3 rings (SSSR count). The molecular weight excluding hydrogens is 306 g/mol. The van der Waals surface area contributed by atoms with Crippen LogP contribution in [0.4, 0.5) is 0 Å². The van der Waals surface area contributed by atoms with Crippen molar-refractivity contribution in [1.82, 2.24) is 14.5 Å². The van der Waals surface area contributed by atoms with Crippen LogP contribution in [-0.2, 0) is 11.3 Å². The Hall–Kier alpha value is -2.89. The topological polar surface area (TPSA) is 64.4 Å². The molecule has 0 N–H and O–H groups in total. The lowest BCUT2D eigenvalue weighted by Gasteiger charge is -2.27. The Bertz CT molecular complexity index is 809. The molecular formula is C18H19N3O3. The number of ether oxygens (including phenoxy) is 1. The summed E-state index contributed by atoms with van der Waals surface area (Å²) in [7, 11) is 1.64. The zero-order valence-corrected chi connectivity index (χ0v) is 13.5. The SMILES string of the molecule is COc1ccc(C2=CCN(C(=O)Cn3cccnc3=O)CC2)cc1. The average molecular weight is 325 g/mol. The van der Waals surface area contributed by atoms with E-state index in [1.165, 1.54) is 16.3 Å². The highest BCUT2D eigenvalue weighted by atomic mass is 16.5. The summed E-state index contributed by atoms with van der Waals surface area (Å²) in [4.78, 5) is 29.3. The molecule has 0 aliphatic carbocycles.